The van der Waals surface area contributed by atoms with E-state index in [1.807, 2.05) is 0 Å². The molecule has 9 unspecified atom stereocenters. The molecule has 0 saturated heterocycles. The summed E-state index contributed by atoms with van der Waals surface area (Å²) in [5.41, 5.74) is 3.78. The van der Waals surface area contributed by atoms with E-state index in [1.54, 1.807) is 26.2 Å². The summed E-state index contributed by atoms with van der Waals surface area (Å²) in [5.74, 6) is 4.04. The van der Waals surface area contributed by atoms with Crippen LogP contribution in [0, 0.1) is 67.5 Å². The van der Waals surface area contributed by atoms with Gasteiger partial charge in [-0.2, -0.15) is 0 Å². The zero-order valence-electron chi connectivity index (χ0n) is 24.8. The number of aliphatic carboxylic acids is 1. The third-order valence-electron chi connectivity index (χ3n) is 15.7. The average molecular weight is 485 g/mol. The van der Waals surface area contributed by atoms with Crippen LogP contribution in [0.1, 0.15) is 133 Å². The molecule has 0 radical (unpaired) electrons. The molecule has 9 atom stereocenters. The first kappa shape index (κ1) is 26.1. The lowest BCUT2D eigenvalue weighted by Crippen LogP contribution is -2.86. The first-order chi connectivity index (χ1) is 16.0. The van der Waals surface area contributed by atoms with Crippen molar-refractivity contribution >= 4 is 5.97 Å². The Labute approximate surface area is 216 Å². The molecule has 35 heavy (non-hydrogen) atoms. The van der Waals surface area contributed by atoms with Crippen LogP contribution < -0.4 is 0 Å². The van der Waals surface area contributed by atoms with Crippen molar-refractivity contribution < 1.29 is 9.90 Å². The van der Waals surface area contributed by atoms with Gasteiger partial charge in [-0.1, -0.05) is 69.2 Å². The number of hydrogen-bond acceptors (Lipinski definition) is 1. The zero-order valence-corrected chi connectivity index (χ0v) is 24.8. The molecule has 6 bridgehead atoms. The number of rotatable bonds is 3. The quantitative estimate of drug-likeness (QED) is 0.433. The molecule has 0 aromatic carbocycles. The van der Waals surface area contributed by atoms with Crippen molar-refractivity contribution in [3.63, 3.8) is 0 Å². The lowest BCUT2D eigenvalue weighted by atomic mass is 9.12. The van der Waals surface area contributed by atoms with Crippen LogP contribution in [0.4, 0.5) is 0 Å². The van der Waals surface area contributed by atoms with Gasteiger partial charge < -0.3 is 5.11 Å². The highest BCUT2D eigenvalue weighted by Crippen LogP contribution is 2.94. The number of carboxylic acids is 1. The number of fused-ring (bicyclic) bond motifs is 6. The minimum Gasteiger partial charge on any atom is -0.481 e. The Hall–Kier alpha value is -0.530. The third kappa shape index (κ3) is 2.44. The second-order valence-corrected chi connectivity index (χ2v) is 16.3. The molecule has 9 rings (SSSR count). The summed E-state index contributed by atoms with van der Waals surface area (Å²) in [4.78, 5) is 9.37. The second kappa shape index (κ2) is 7.31. The molecule has 2 nitrogen and oxygen atoms in total. The van der Waals surface area contributed by atoms with Crippen molar-refractivity contribution in [2.24, 2.45) is 67.5 Å². The molecule has 9 saturated carbocycles. The van der Waals surface area contributed by atoms with Crippen LogP contribution in [0.5, 0.6) is 0 Å². The molecule has 200 valence electrons. The van der Waals surface area contributed by atoms with Crippen molar-refractivity contribution in [2.75, 3.05) is 0 Å². The van der Waals surface area contributed by atoms with Gasteiger partial charge in [-0.05, 0) is 125 Å². The SMILES string of the molecule is CC1CCC2CC1(C1(C)CCC3CC1(C14CC(CCC1C)C4(C)C)C3(C)C)C2(C)C.CCC(=O)O. The highest BCUT2D eigenvalue weighted by molar-refractivity contribution is 5.66. The minimum absolute atomic E-state index is 0.222. The van der Waals surface area contributed by atoms with Crippen LogP contribution in [0.15, 0.2) is 0 Å². The van der Waals surface area contributed by atoms with Crippen molar-refractivity contribution in [1.82, 2.24) is 0 Å². The van der Waals surface area contributed by atoms with Gasteiger partial charge >= 0.3 is 5.97 Å². The largest absolute Gasteiger partial charge is 0.481 e. The van der Waals surface area contributed by atoms with E-state index in [9.17, 15) is 4.79 Å². The van der Waals surface area contributed by atoms with Crippen molar-refractivity contribution in [2.45, 2.75) is 133 Å². The predicted octanol–water partition coefficient (Wildman–Crippen LogP) is 9.22. The molecule has 9 aliphatic carbocycles. The van der Waals surface area contributed by atoms with Gasteiger partial charge in [-0.25, -0.2) is 0 Å². The summed E-state index contributed by atoms with van der Waals surface area (Å²) >= 11 is 0. The molecule has 9 aliphatic rings. The number of carbonyl (C=O) groups is 1. The number of hydrogen-bond donors (Lipinski definition) is 1. The van der Waals surface area contributed by atoms with E-state index >= 15 is 0 Å². The van der Waals surface area contributed by atoms with E-state index in [0.29, 0.717) is 37.9 Å². The smallest absolute Gasteiger partial charge is 0.303 e. The van der Waals surface area contributed by atoms with Gasteiger partial charge in [0.2, 0.25) is 0 Å². The molecule has 1 N–H and O–H groups in total. The Bertz CT molecular complexity index is 899. The summed E-state index contributed by atoms with van der Waals surface area (Å²) in [6, 6.07) is 0. The van der Waals surface area contributed by atoms with Gasteiger partial charge in [0, 0.05) is 6.42 Å². The van der Waals surface area contributed by atoms with Crippen molar-refractivity contribution in [1.29, 1.82) is 0 Å². The van der Waals surface area contributed by atoms with E-state index in [4.69, 9.17) is 5.11 Å². The Morgan fingerprint density at radius 2 is 1.11 bits per heavy atom. The molecule has 2 heteroatoms. The fraction of sp³-hybridized carbons (Fsp3) is 0.970. The van der Waals surface area contributed by atoms with E-state index in [2.05, 4.69) is 62.3 Å². The highest BCUT2D eigenvalue weighted by atomic mass is 16.4. The molecular formula is C33H56O2. The molecule has 0 heterocycles. The highest BCUT2D eigenvalue weighted by Gasteiger charge is 2.88. The second-order valence-electron chi connectivity index (χ2n) is 16.3. The summed E-state index contributed by atoms with van der Waals surface area (Å²) in [6.07, 6.45) is 13.9. The van der Waals surface area contributed by atoms with E-state index in [-0.39, 0.29) is 6.42 Å². The summed E-state index contributed by atoms with van der Waals surface area (Å²) in [6.45, 7) is 26.3. The molecule has 0 aromatic heterocycles. The maximum Gasteiger partial charge on any atom is 0.303 e. The van der Waals surface area contributed by atoms with Crippen LogP contribution >= 0.6 is 0 Å². The number of carboxylic acid groups (broad SMARTS) is 1. The van der Waals surface area contributed by atoms with Gasteiger partial charge in [-0.3, -0.25) is 4.79 Å². The van der Waals surface area contributed by atoms with Crippen LogP contribution in [0.2, 0.25) is 0 Å². The molecule has 9 fully saturated rings. The Morgan fingerprint density at radius 3 is 1.49 bits per heavy atom. The monoisotopic (exact) mass is 484 g/mol. The first-order valence-corrected chi connectivity index (χ1v) is 15.3. The third-order valence-corrected chi connectivity index (χ3v) is 15.7. The maximum absolute atomic E-state index is 9.37. The lowest BCUT2D eigenvalue weighted by molar-refractivity contribution is -0.441. The van der Waals surface area contributed by atoms with Gasteiger partial charge in [0.15, 0.2) is 0 Å². The average Bonchev–Trinajstić information content (AvgIpc) is 2.78. The fourth-order valence-corrected chi connectivity index (χ4v) is 13.9. The van der Waals surface area contributed by atoms with Crippen LogP contribution in [-0.4, -0.2) is 11.1 Å². The van der Waals surface area contributed by atoms with Gasteiger partial charge in [0.1, 0.15) is 0 Å². The van der Waals surface area contributed by atoms with Crippen LogP contribution in [0.25, 0.3) is 0 Å². The normalized spacial score (nSPS) is 53.6. The van der Waals surface area contributed by atoms with E-state index < -0.39 is 5.97 Å². The minimum atomic E-state index is -0.745. The Morgan fingerprint density at radius 1 is 0.686 bits per heavy atom. The molecule has 0 aliphatic heterocycles. The van der Waals surface area contributed by atoms with Gasteiger partial charge in [0.05, 0.1) is 0 Å². The Kier molecular flexibility index (Phi) is 5.45. The summed E-state index contributed by atoms with van der Waals surface area (Å²) in [5, 5.41) is 7.72. The Balaban J connectivity index is 0.000000464. The molecule has 0 amide bonds. The molecule has 0 aromatic rings. The van der Waals surface area contributed by atoms with Crippen LogP contribution in [-0.2, 0) is 4.79 Å². The van der Waals surface area contributed by atoms with Gasteiger partial charge in [0.25, 0.3) is 0 Å². The van der Waals surface area contributed by atoms with Crippen LogP contribution in [0.3, 0.4) is 0 Å². The van der Waals surface area contributed by atoms with Crippen molar-refractivity contribution in [3.8, 4) is 0 Å². The fourth-order valence-electron chi connectivity index (χ4n) is 13.9. The molecule has 0 spiro atoms. The lowest BCUT2D eigenvalue weighted by Gasteiger charge is -2.92. The van der Waals surface area contributed by atoms with Gasteiger partial charge in [-0.15, -0.1) is 0 Å². The summed E-state index contributed by atoms with van der Waals surface area (Å²) < 4.78 is 0. The molecular weight excluding hydrogens is 428 g/mol. The van der Waals surface area contributed by atoms with Crippen molar-refractivity contribution in [3.05, 3.63) is 0 Å². The topological polar surface area (TPSA) is 37.3 Å². The zero-order chi connectivity index (χ0) is 26.0. The maximum atomic E-state index is 9.37. The van der Waals surface area contributed by atoms with E-state index in [1.165, 1.54) is 38.5 Å². The summed E-state index contributed by atoms with van der Waals surface area (Å²) in [7, 11) is 0. The van der Waals surface area contributed by atoms with E-state index in [0.717, 1.165) is 29.6 Å². The standard InChI is InChI=1S/C30H50.C3H6O2/c1-19-10-12-21-16-28(19,24(21,3)4)27(9)15-14-23-18-30(27,26(23,7)8)29-17-22(25(29,5)6)13-11-20(29)2;1-2-3(4)5/h19-23H,10-18H2,1-9H3;2H2,1H3,(H,4,5). The first-order valence-electron chi connectivity index (χ1n) is 15.3. The predicted molar refractivity (Wildman–Crippen MR) is 145 cm³/mol.